The predicted molar refractivity (Wildman–Crippen MR) is 80.5 cm³/mol. The first-order valence-electron chi connectivity index (χ1n) is 6.71. The molecule has 1 aromatic heterocycles. The van der Waals surface area contributed by atoms with Crippen molar-refractivity contribution in [2.45, 2.75) is 19.8 Å². The quantitative estimate of drug-likeness (QED) is 0.580. The van der Waals surface area contributed by atoms with Crippen LogP contribution in [0.4, 0.5) is 20.4 Å². The minimum atomic E-state index is -0.690. The first kappa shape index (κ1) is 17.0. The van der Waals surface area contributed by atoms with Crippen molar-refractivity contribution in [2.24, 2.45) is 0 Å². The maximum absolute atomic E-state index is 13.5. The van der Waals surface area contributed by atoms with E-state index in [0.717, 1.165) is 30.4 Å². The van der Waals surface area contributed by atoms with Crippen LogP contribution in [0.15, 0.2) is 6.07 Å². The van der Waals surface area contributed by atoms with Gasteiger partial charge in [0, 0.05) is 31.5 Å². The van der Waals surface area contributed by atoms with E-state index in [4.69, 9.17) is 5.11 Å². The van der Waals surface area contributed by atoms with Crippen LogP contribution in [-0.2, 0) is 0 Å². The third-order valence-electron chi connectivity index (χ3n) is 2.46. The highest BCUT2D eigenvalue weighted by atomic mass is 32.2. The van der Waals surface area contributed by atoms with Crippen LogP contribution >= 0.6 is 11.8 Å². The number of halogens is 2. The lowest BCUT2D eigenvalue weighted by atomic mass is 10.3. The van der Waals surface area contributed by atoms with Gasteiger partial charge in [-0.2, -0.15) is 11.8 Å². The third kappa shape index (κ3) is 5.92. The summed E-state index contributed by atoms with van der Waals surface area (Å²) in [5.74, 6) is 0.400. The first-order valence-corrected chi connectivity index (χ1v) is 7.87. The molecule has 0 aliphatic carbocycles. The second-order valence-electron chi connectivity index (χ2n) is 4.19. The molecule has 0 aromatic carbocycles. The fourth-order valence-corrected chi connectivity index (χ4v) is 2.25. The average molecular weight is 305 g/mol. The monoisotopic (exact) mass is 305 g/mol. The smallest absolute Gasteiger partial charge is 0.168 e. The summed E-state index contributed by atoms with van der Waals surface area (Å²) in [5.41, 5.74) is 0. The van der Waals surface area contributed by atoms with Crippen molar-refractivity contribution in [3.63, 3.8) is 0 Å². The molecule has 1 heterocycles. The van der Waals surface area contributed by atoms with Gasteiger partial charge in [0.2, 0.25) is 0 Å². The second-order valence-corrected chi connectivity index (χ2v) is 5.42. The van der Waals surface area contributed by atoms with Gasteiger partial charge in [0.25, 0.3) is 0 Å². The summed E-state index contributed by atoms with van der Waals surface area (Å²) >= 11 is 1.66. The molecular formula is C13H21F2N3OS. The van der Waals surface area contributed by atoms with Gasteiger partial charge in [0.05, 0.1) is 0 Å². The molecule has 114 valence electrons. The topological polar surface area (TPSA) is 57.2 Å². The van der Waals surface area contributed by atoms with Crippen LogP contribution < -0.4 is 10.6 Å². The summed E-state index contributed by atoms with van der Waals surface area (Å²) in [5, 5.41) is 14.3. The normalized spacial score (nSPS) is 10.6. The molecule has 0 fully saturated rings. The molecule has 0 aliphatic heterocycles. The fourth-order valence-electron chi connectivity index (χ4n) is 1.47. The Balaban J connectivity index is 2.47. The number of thioether (sulfide) groups is 1. The molecule has 0 amide bonds. The molecule has 0 bridgehead atoms. The van der Waals surface area contributed by atoms with Gasteiger partial charge in [-0.1, -0.05) is 6.92 Å². The van der Waals surface area contributed by atoms with E-state index < -0.39 is 11.6 Å². The summed E-state index contributed by atoms with van der Waals surface area (Å²) in [6, 6.07) is 0.840. The van der Waals surface area contributed by atoms with Crippen molar-refractivity contribution in [3.05, 3.63) is 17.7 Å². The van der Waals surface area contributed by atoms with E-state index in [9.17, 15) is 8.78 Å². The molecular weight excluding hydrogens is 284 g/mol. The Morgan fingerprint density at radius 3 is 2.40 bits per heavy atom. The van der Waals surface area contributed by atoms with Crippen molar-refractivity contribution < 1.29 is 13.9 Å². The van der Waals surface area contributed by atoms with Crippen LogP contribution in [0.25, 0.3) is 0 Å². The highest BCUT2D eigenvalue weighted by Gasteiger charge is 2.11. The zero-order valence-electron chi connectivity index (χ0n) is 11.6. The Kier molecular flexibility index (Phi) is 8.29. The number of aliphatic hydroxyl groups excluding tert-OH is 1. The van der Waals surface area contributed by atoms with Crippen molar-refractivity contribution in [3.8, 4) is 0 Å². The number of anilines is 2. The van der Waals surface area contributed by atoms with Gasteiger partial charge in [0.15, 0.2) is 23.3 Å². The van der Waals surface area contributed by atoms with E-state index in [1.54, 1.807) is 11.8 Å². The van der Waals surface area contributed by atoms with Crippen molar-refractivity contribution >= 4 is 23.4 Å². The summed E-state index contributed by atoms with van der Waals surface area (Å²) in [4.78, 5) is 3.92. The average Bonchev–Trinajstić information content (AvgIpc) is 2.43. The second kappa shape index (κ2) is 9.77. The molecule has 0 saturated carbocycles. The molecule has 3 N–H and O–H groups in total. The van der Waals surface area contributed by atoms with Crippen LogP contribution in [0, 0.1) is 11.6 Å². The number of nitrogens with zero attached hydrogens (tertiary/aromatic N) is 1. The Hall–Kier alpha value is -1.08. The zero-order chi connectivity index (χ0) is 14.8. The van der Waals surface area contributed by atoms with Crippen LogP contribution in [0.3, 0.4) is 0 Å². The predicted octanol–water partition coefficient (Wildman–Crippen LogP) is 2.71. The summed E-state index contributed by atoms with van der Waals surface area (Å²) < 4.78 is 27.0. The Morgan fingerprint density at radius 1 is 1.15 bits per heavy atom. The molecule has 1 rings (SSSR count). The Bertz CT molecular complexity index is 407. The largest absolute Gasteiger partial charge is 0.396 e. The lowest BCUT2D eigenvalue weighted by Crippen LogP contribution is -2.11. The van der Waals surface area contributed by atoms with Crippen molar-refractivity contribution in [1.82, 2.24) is 4.98 Å². The molecule has 1 aromatic rings. The minimum Gasteiger partial charge on any atom is -0.396 e. The van der Waals surface area contributed by atoms with Gasteiger partial charge in [-0.25, -0.2) is 13.8 Å². The first-order chi connectivity index (χ1) is 9.69. The number of aromatic nitrogens is 1. The summed E-state index contributed by atoms with van der Waals surface area (Å²) in [7, 11) is 0. The Morgan fingerprint density at radius 2 is 1.80 bits per heavy atom. The summed E-state index contributed by atoms with van der Waals surface area (Å²) in [6.45, 7) is 3.27. The summed E-state index contributed by atoms with van der Waals surface area (Å²) in [6.07, 6.45) is 1.58. The number of nitrogens with one attached hydrogen (secondary N) is 2. The zero-order valence-corrected chi connectivity index (χ0v) is 12.4. The third-order valence-corrected chi connectivity index (χ3v) is 3.53. The van der Waals surface area contributed by atoms with Gasteiger partial charge in [-0.3, -0.25) is 0 Å². The minimum absolute atomic E-state index is 0.0627. The van der Waals surface area contributed by atoms with E-state index in [1.165, 1.54) is 0 Å². The van der Waals surface area contributed by atoms with Crippen molar-refractivity contribution in [1.29, 1.82) is 0 Å². The molecule has 0 radical (unpaired) electrons. The van der Waals surface area contributed by atoms with Gasteiger partial charge < -0.3 is 15.7 Å². The van der Waals surface area contributed by atoms with Crippen LogP contribution in [0.2, 0.25) is 0 Å². The van der Waals surface area contributed by atoms with Crippen LogP contribution in [0.5, 0.6) is 0 Å². The van der Waals surface area contributed by atoms with Crippen molar-refractivity contribution in [2.75, 3.05) is 41.8 Å². The molecule has 0 aliphatic rings. The van der Waals surface area contributed by atoms with Gasteiger partial charge in [-0.05, 0) is 18.6 Å². The molecule has 7 heteroatoms. The maximum Gasteiger partial charge on any atom is 0.168 e. The van der Waals surface area contributed by atoms with Gasteiger partial charge in [0.1, 0.15) is 0 Å². The number of pyridine rings is 1. The van der Waals surface area contributed by atoms with E-state index in [0.29, 0.717) is 13.1 Å². The Labute approximate surface area is 122 Å². The van der Waals surface area contributed by atoms with Gasteiger partial charge >= 0.3 is 0 Å². The molecule has 4 nitrogen and oxygen atoms in total. The molecule has 0 atom stereocenters. The van der Waals surface area contributed by atoms with E-state index in [1.807, 2.05) is 6.92 Å². The van der Waals surface area contributed by atoms with Gasteiger partial charge in [-0.15, -0.1) is 0 Å². The SMILES string of the molecule is CCCNc1nc(NCCSCCCO)c(F)cc1F. The van der Waals surface area contributed by atoms with E-state index in [2.05, 4.69) is 15.6 Å². The fraction of sp³-hybridized carbons (Fsp3) is 0.615. The lowest BCUT2D eigenvalue weighted by Gasteiger charge is -2.10. The van der Waals surface area contributed by atoms with E-state index in [-0.39, 0.29) is 18.2 Å². The highest BCUT2D eigenvalue weighted by Crippen LogP contribution is 2.19. The highest BCUT2D eigenvalue weighted by molar-refractivity contribution is 7.99. The number of rotatable bonds is 10. The molecule has 20 heavy (non-hydrogen) atoms. The lowest BCUT2D eigenvalue weighted by molar-refractivity contribution is 0.296. The van der Waals surface area contributed by atoms with Crippen LogP contribution in [0.1, 0.15) is 19.8 Å². The molecule has 0 unspecified atom stereocenters. The van der Waals surface area contributed by atoms with Crippen LogP contribution in [-0.4, -0.2) is 41.3 Å². The number of hydrogen-bond acceptors (Lipinski definition) is 5. The van der Waals surface area contributed by atoms with E-state index >= 15 is 0 Å². The maximum atomic E-state index is 13.5. The molecule has 0 saturated heterocycles. The number of hydrogen-bond donors (Lipinski definition) is 3. The number of aliphatic hydroxyl groups is 1. The molecule has 0 spiro atoms. The standard InChI is InChI=1S/C13H21F2N3OS/c1-2-4-16-12-10(14)9-11(15)13(18-12)17-5-8-20-7-3-6-19/h9,19H,2-8H2,1H3,(H2,16,17,18).